The highest BCUT2D eigenvalue weighted by molar-refractivity contribution is 5.99. The fourth-order valence-electron chi connectivity index (χ4n) is 4.39. The van der Waals surface area contributed by atoms with Gasteiger partial charge in [0, 0.05) is 35.9 Å². The van der Waals surface area contributed by atoms with Crippen molar-refractivity contribution >= 4 is 40.9 Å². The number of hydrogen-bond acceptors (Lipinski definition) is 9. The highest BCUT2D eigenvalue weighted by Crippen LogP contribution is 2.26. The number of fused-ring (bicyclic) bond motifs is 1. The standard InChI is InChI=1S/C28H38N8O4/c1-7-23(38)31-19-9-8-10-20(13-19)32-26-34-25(33-24-21(17(2)3)15-30-36(24)26)29-14-18-11-12-35(16-22(18)37)27(39)40-28(4,5)6/h7-10,13,15,17-18,22,37H,1,11-12,14,16H2,2-6H3,(H,31,38)(H2,29,32,33,34)/t18-,22+/m1/s1. The molecule has 0 spiro atoms. The maximum Gasteiger partial charge on any atom is 0.410 e. The molecule has 1 aliphatic heterocycles. The zero-order valence-electron chi connectivity index (χ0n) is 23.6. The Hall–Kier alpha value is -4.19. The van der Waals surface area contributed by atoms with E-state index in [1.807, 2.05) is 32.9 Å². The van der Waals surface area contributed by atoms with Gasteiger partial charge in [0.05, 0.1) is 18.8 Å². The first kappa shape index (κ1) is 28.8. The second-order valence-electron chi connectivity index (χ2n) is 11.2. The summed E-state index contributed by atoms with van der Waals surface area (Å²) in [5.41, 5.74) is 2.33. The van der Waals surface area contributed by atoms with E-state index in [9.17, 15) is 14.7 Å². The van der Waals surface area contributed by atoms with Crippen LogP contribution in [0.4, 0.5) is 28.1 Å². The summed E-state index contributed by atoms with van der Waals surface area (Å²) in [5.74, 6) is 0.599. The minimum atomic E-state index is -0.718. The summed E-state index contributed by atoms with van der Waals surface area (Å²) >= 11 is 0. The van der Waals surface area contributed by atoms with Crippen LogP contribution < -0.4 is 16.0 Å². The Bertz CT molecular complexity index is 1380. The highest BCUT2D eigenvalue weighted by atomic mass is 16.6. The Morgan fingerprint density at radius 1 is 1.25 bits per heavy atom. The van der Waals surface area contributed by atoms with Gasteiger partial charge >= 0.3 is 6.09 Å². The average molecular weight is 551 g/mol. The summed E-state index contributed by atoms with van der Waals surface area (Å²) in [6.07, 6.45) is 2.46. The summed E-state index contributed by atoms with van der Waals surface area (Å²) in [6.45, 7) is 14.2. The number of anilines is 4. The van der Waals surface area contributed by atoms with Gasteiger partial charge in [0.2, 0.25) is 17.8 Å². The first-order valence-electron chi connectivity index (χ1n) is 13.4. The molecule has 3 aromatic rings. The Kier molecular flexibility index (Phi) is 8.58. The van der Waals surface area contributed by atoms with Crippen LogP contribution in [-0.4, -0.2) is 72.9 Å². The number of ether oxygens (including phenoxy) is 1. The van der Waals surface area contributed by atoms with Crippen LogP contribution in [0.1, 0.15) is 52.5 Å². The summed E-state index contributed by atoms with van der Waals surface area (Å²) in [5, 5.41) is 24.6. The van der Waals surface area contributed by atoms with E-state index in [-0.39, 0.29) is 24.3 Å². The fourth-order valence-corrected chi connectivity index (χ4v) is 4.39. The highest BCUT2D eigenvalue weighted by Gasteiger charge is 2.32. The van der Waals surface area contributed by atoms with Crippen molar-refractivity contribution in [2.45, 2.75) is 58.7 Å². The lowest BCUT2D eigenvalue weighted by atomic mass is 9.94. The Morgan fingerprint density at radius 3 is 2.67 bits per heavy atom. The SMILES string of the molecule is C=CC(=O)Nc1cccc(Nc2nc(NC[C@H]3CCN(C(=O)OC(C)(C)C)C[C@@H]3O)nc3c(C(C)C)cnn23)c1. The monoisotopic (exact) mass is 550 g/mol. The molecule has 0 radical (unpaired) electrons. The predicted molar refractivity (Wildman–Crippen MR) is 154 cm³/mol. The molecule has 1 saturated heterocycles. The summed E-state index contributed by atoms with van der Waals surface area (Å²) in [4.78, 5) is 35.1. The maximum absolute atomic E-state index is 12.4. The molecule has 2 aromatic heterocycles. The number of aromatic nitrogens is 4. The van der Waals surface area contributed by atoms with Gasteiger partial charge in [-0.3, -0.25) is 4.79 Å². The molecule has 1 aliphatic rings. The van der Waals surface area contributed by atoms with Gasteiger partial charge in [0.25, 0.3) is 0 Å². The van der Waals surface area contributed by atoms with Gasteiger partial charge in [0.15, 0.2) is 5.65 Å². The van der Waals surface area contributed by atoms with Gasteiger partial charge in [0.1, 0.15) is 5.60 Å². The van der Waals surface area contributed by atoms with Crippen LogP contribution in [0.2, 0.25) is 0 Å². The van der Waals surface area contributed by atoms with E-state index in [4.69, 9.17) is 9.72 Å². The van der Waals surface area contributed by atoms with Gasteiger partial charge in [-0.25, -0.2) is 4.79 Å². The van der Waals surface area contributed by atoms with Crippen LogP contribution >= 0.6 is 0 Å². The van der Waals surface area contributed by atoms with Crippen molar-refractivity contribution in [1.29, 1.82) is 0 Å². The van der Waals surface area contributed by atoms with Crippen molar-refractivity contribution in [2.24, 2.45) is 5.92 Å². The lowest BCUT2D eigenvalue weighted by Gasteiger charge is -2.36. The number of aliphatic hydroxyl groups excluding tert-OH is 1. The van der Waals surface area contributed by atoms with E-state index < -0.39 is 17.8 Å². The van der Waals surface area contributed by atoms with Crippen molar-refractivity contribution in [3.8, 4) is 0 Å². The number of rotatable bonds is 8. The minimum Gasteiger partial charge on any atom is -0.444 e. The zero-order valence-corrected chi connectivity index (χ0v) is 23.6. The minimum absolute atomic E-state index is 0.102. The molecule has 1 aromatic carbocycles. The van der Waals surface area contributed by atoms with E-state index in [0.29, 0.717) is 48.4 Å². The van der Waals surface area contributed by atoms with Gasteiger partial charge < -0.3 is 30.7 Å². The normalized spacial score (nSPS) is 17.5. The van der Waals surface area contributed by atoms with Gasteiger partial charge in [-0.1, -0.05) is 26.5 Å². The van der Waals surface area contributed by atoms with Crippen molar-refractivity contribution in [3.63, 3.8) is 0 Å². The van der Waals surface area contributed by atoms with Crippen LogP contribution in [0.15, 0.2) is 43.1 Å². The van der Waals surface area contributed by atoms with Gasteiger partial charge in [-0.15, -0.1) is 0 Å². The first-order valence-corrected chi connectivity index (χ1v) is 13.4. The molecule has 1 fully saturated rings. The largest absolute Gasteiger partial charge is 0.444 e. The molecule has 12 heteroatoms. The second-order valence-corrected chi connectivity index (χ2v) is 11.2. The van der Waals surface area contributed by atoms with E-state index in [0.717, 1.165) is 5.56 Å². The number of aliphatic hydroxyl groups is 1. The summed E-state index contributed by atoms with van der Waals surface area (Å²) in [6, 6.07) is 7.22. The van der Waals surface area contributed by atoms with Crippen molar-refractivity contribution in [2.75, 3.05) is 35.6 Å². The number of carbonyl (C=O) groups is 2. The maximum atomic E-state index is 12.4. The molecule has 4 N–H and O–H groups in total. The third-order valence-electron chi connectivity index (χ3n) is 6.48. The third-order valence-corrected chi connectivity index (χ3v) is 6.48. The van der Waals surface area contributed by atoms with Crippen molar-refractivity contribution < 1.29 is 19.4 Å². The van der Waals surface area contributed by atoms with E-state index >= 15 is 0 Å². The smallest absolute Gasteiger partial charge is 0.410 e. The molecule has 3 heterocycles. The van der Waals surface area contributed by atoms with Crippen LogP contribution in [0.3, 0.4) is 0 Å². The van der Waals surface area contributed by atoms with E-state index in [1.165, 1.54) is 6.08 Å². The summed E-state index contributed by atoms with van der Waals surface area (Å²) < 4.78 is 7.09. The molecule has 12 nitrogen and oxygen atoms in total. The predicted octanol–water partition coefficient (Wildman–Crippen LogP) is 4.15. The molecule has 0 unspecified atom stereocenters. The van der Waals surface area contributed by atoms with Crippen LogP contribution in [0.5, 0.6) is 0 Å². The average Bonchev–Trinajstić information content (AvgIpc) is 3.32. The van der Waals surface area contributed by atoms with Crippen LogP contribution in [0.25, 0.3) is 5.65 Å². The van der Waals surface area contributed by atoms with Gasteiger partial charge in [-0.05, 0) is 57.4 Å². The first-order chi connectivity index (χ1) is 18.9. The summed E-state index contributed by atoms with van der Waals surface area (Å²) in [7, 11) is 0. The number of hydrogen-bond donors (Lipinski definition) is 4. The Labute approximate surface area is 233 Å². The van der Waals surface area contributed by atoms with Crippen molar-refractivity contribution in [1.82, 2.24) is 24.5 Å². The quantitative estimate of drug-likeness (QED) is 0.304. The molecular formula is C28H38N8O4. The zero-order chi connectivity index (χ0) is 29.0. The molecule has 0 saturated carbocycles. The number of nitrogens with zero attached hydrogens (tertiary/aromatic N) is 5. The number of nitrogens with one attached hydrogen (secondary N) is 3. The number of β-amino-alcohol motifs (C(OH)–C–C–N with tert-alkyl or cyclic N) is 1. The number of likely N-dealkylation sites (tertiary alicyclic amines) is 1. The topological polar surface area (TPSA) is 146 Å². The van der Waals surface area contributed by atoms with E-state index in [2.05, 4.69) is 46.5 Å². The van der Waals surface area contributed by atoms with Crippen LogP contribution in [-0.2, 0) is 9.53 Å². The Morgan fingerprint density at radius 2 is 2.00 bits per heavy atom. The van der Waals surface area contributed by atoms with Gasteiger partial charge in [-0.2, -0.15) is 19.6 Å². The third kappa shape index (κ3) is 7.06. The molecule has 2 amide bonds. The number of piperidine rings is 1. The molecular weight excluding hydrogens is 512 g/mol. The number of carbonyl (C=O) groups excluding carboxylic acids is 2. The molecule has 214 valence electrons. The lowest BCUT2D eigenvalue weighted by Crippen LogP contribution is -2.49. The van der Waals surface area contributed by atoms with E-state index in [1.54, 1.807) is 27.7 Å². The second kappa shape index (κ2) is 11.9. The molecule has 2 atom stereocenters. The number of amides is 2. The van der Waals surface area contributed by atoms with Crippen LogP contribution in [0, 0.1) is 5.92 Å². The lowest BCUT2D eigenvalue weighted by molar-refractivity contribution is -0.111. The van der Waals surface area contributed by atoms with Crippen molar-refractivity contribution in [3.05, 3.63) is 48.7 Å². The molecule has 40 heavy (non-hydrogen) atoms. The fraction of sp³-hybridized carbons (Fsp3) is 0.464. The molecule has 0 bridgehead atoms. The molecule has 0 aliphatic carbocycles. The Balaban J connectivity index is 1.51. The number of benzene rings is 1. The molecule has 4 rings (SSSR count).